The molecule has 140 valence electrons. The van der Waals surface area contributed by atoms with Crippen molar-refractivity contribution in [3.63, 3.8) is 0 Å². The van der Waals surface area contributed by atoms with E-state index in [1.807, 2.05) is 50.1 Å². The number of rotatable bonds is 6. The Hall–Kier alpha value is -2.15. The third kappa shape index (κ3) is 4.33. The fourth-order valence-corrected chi connectivity index (χ4v) is 5.14. The Morgan fingerprint density at radius 2 is 1.92 bits per heavy atom. The molecule has 0 saturated carbocycles. The number of sulfone groups is 1. The van der Waals surface area contributed by atoms with Gasteiger partial charge in [-0.3, -0.25) is 0 Å². The average Bonchev–Trinajstić information content (AvgIpc) is 2.95. The van der Waals surface area contributed by atoms with Crippen LogP contribution in [0.1, 0.15) is 24.6 Å². The lowest BCUT2D eigenvalue weighted by Crippen LogP contribution is -2.37. The number of benzene rings is 1. The summed E-state index contributed by atoms with van der Waals surface area (Å²) in [6, 6.07) is 12.1. The van der Waals surface area contributed by atoms with E-state index in [0.29, 0.717) is 18.9 Å². The molecule has 1 fully saturated rings. The van der Waals surface area contributed by atoms with Crippen molar-refractivity contribution in [3.8, 4) is 0 Å². The molecule has 0 N–H and O–H groups in total. The predicted octanol–water partition coefficient (Wildman–Crippen LogP) is 2.43. The summed E-state index contributed by atoms with van der Waals surface area (Å²) in [4.78, 5) is 13.4. The smallest absolute Gasteiger partial charge is 0.227 e. The molecule has 1 aliphatic rings. The molecule has 0 aliphatic carbocycles. The minimum Gasteiger partial charge on any atom is -0.353 e. The molecule has 2 aromatic rings. The first-order valence-corrected chi connectivity index (χ1v) is 10.8. The summed E-state index contributed by atoms with van der Waals surface area (Å²) in [5, 5.41) is 0. The van der Waals surface area contributed by atoms with Crippen molar-refractivity contribution in [2.45, 2.75) is 32.9 Å². The predicted molar refractivity (Wildman–Crippen MR) is 105 cm³/mol. The number of anilines is 2. The monoisotopic (exact) mass is 374 g/mol. The van der Waals surface area contributed by atoms with Crippen molar-refractivity contribution < 1.29 is 8.42 Å². The van der Waals surface area contributed by atoms with Crippen molar-refractivity contribution in [2.75, 3.05) is 34.9 Å². The molecule has 0 amide bonds. The molecule has 3 rings (SSSR count). The van der Waals surface area contributed by atoms with Gasteiger partial charge in [0.05, 0.1) is 11.5 Å². The van der Waals surface area contributed by atoms with Crippen molar-refractivity contribution >= 4 is 21.6 Å². The zero-order valence-corrected chi connectivity index (χ0v) is 16.4. The lowest BCUT2D eigenvalue weighted by molar-refractivity contribution is 0.599. The highest BCUT2D eigenvalue weighted by molar-refractivity contribution is 7.91. The minimum atomic E-state index is -2.93. The van der Waals surface area contributed by atoms with Crippen molar-refractivity contribution in [1.29, 1.82) is 0 Å². The lowest BCUT2D eigenvalue weighted by atomic mass is 10.2. The summed E-state index contributed by atoms with van der Waals surface area (Å²) in [7, 11) is -0.957. The van der Waals surface area contributed by atoms with Crippen LogP contribution in [-0.4, -0.2) is 49.5 Å². The van der Waals surface area contributed by atoms with E-state index in [4.69, 9.17) is 4.98 Å². The summed E-state index contributed by atoms with van der Waals surface area (Å²) in [6.07, 6.45) is 0.661. The van der Waals surface area contributed by atoms with Gasteiger partial charge in [0.15, 0.2) is 9.84 Å². The number of hydrogen-bond donors (Lipinski definition) is 0. The summed E-state index contributed by atoms with van der Waals surface area (Å²) in [5.41, 5.74) is 2.07. The van der Waals surface area contributed by atoms with Gasteiger partial charge in [-0.1, -0.05) is 30.3 Å². The molecule has 1 aliphatic heterocycles. The van der Waals surface area contributed by atoms with Crippen LogP contribution in [0.2, 0.25) is 0 Å². The maximum Gasteiger partial charge on any atom is 0.227 e. The Balaban J connectivity index is 1.84. The van der Waals surface area contributed by atoms with E-state index in [1.54, 1.807) is 0 Å². The third-order valence-corrected chi connectivity index (χ3v) is 6.47. The second kappa shape index (κ2) is 7.61. The molecule has 1 aromatic heterocycles. The maximum atomic E-state index is 11.9. The first kappa shape index (κ1) is 18.6. The largest absolute Gasteiger partial charge is 0.353 e. The van der Waals surface area contributed by atoms with Gasteiger partial charge in [0, 0.05) is 37.9 Å². The van der Waals surface area contributed by atoms with Crippen LogP contribution in [0, 0.1) is 6.92 Å². The molecular formula is C19H26N4O2S. The van der Waals surface area contributed by atoms with Gasteiger partial charge in [-0.05, 0) is 25.8 Å². The molecule has 26 heavy (non-hydrogen) atoms. The first-order valence-electron chi connectivity index (χ1n) is 8.96. The quantitative estimate of drug-likeness (QED) is 0.774. The third-order valence-electron chi connectivity index (χ3n) is 4.72. The Labute approximate surface area is 155 Å². The molecule has 1 atom stereocenters. The van der Waals surface area contributed by atoms with E-state index >= 15 is 0 Å². The molecule has 1 unspecified atom stereocenters. The first-order chi connectivity index (χ1) is 12.4. The normalized spacial score (nSPS) is 18.7. The van der Waals surface area contributed by atoms with E-state index in [-0.39, 0.29) is 17.5 Å². The second-order valence-corrected chi connectivity index (χ2v) is 9.08. The van der Waals surface area contributed by atoms with E-state index in [1.165, 1.54) is 5.56 Å². The van der Waals surface area contributed by atoms with Crippen molar-refractivity contribution in [3.05, 3.63) is 47.7 Å². The summed E-state index contributed by atoms with van der Waals surface area (Å²) < 4.78 is 23.7. The molecule has 7 heteroatoms. The van der Waals surface area contributed by atoms with Crippen LogP contribution in [0.4, 0.5) is 11.8 Å². The fraction of sp³-hybridized carbons (Fsp3) is 0.474. The Morgan fingerprint density at radius 1 is 1.19 bits per heavy atom. The number of aromatic nitrogens is 2. The Bertz CT molecular complexity index is 855. The second-order valence-electron chi connectivity index (χ2n) is 6.85. The minimum absolute atomic E-state index is 0.00780. The van der Waals surface area contributed by atoms with Gasteiger partial charge >= 0.3 is 0 Å². The number of nitrogens with zero attached hydrogens (tertiary/aromatic N) is 4. The van der Waals surface area contributed by atoms with E-state index in [9.17, 15) is 8.42 Å². The fourth-order valence-electron chi connectivity index (χ4n) is 3.41. The zero-order chi connectivity index (χ0) is 18.7. The molecule has 1 aromatic carbocycles. The highest BCUT2D eigenvalue weighted by atomic mass is 32.2. The topological polar surface area (TPSA) is 66.4 Å². The molecular weight excluding hydrogens is 348 g/mol. The van der Waals surface area contributed by atoms with Crippen LogP contribution in [0.3, 0.4) is 0 Å². The van der Waals surface area contributed by atoms with Crippen LogP contribution >= 0.6 is 0 Å². The standard InChI is InChI=1S/C19H26N4O2S/c1-4-23(17-10-11-26(24,25)14-17)18-12-15(2)20-19(21-18)22(3)13-16-8-6-5-7-9-16/h5-9,12,17H,4,10-11,13-14H2,1-3H3. The van der Waals surface area contributed by atoms with Crippen LogP contribution in [-0.2, 0) is 16.4 Å². The van der Waals surface area contributed by atoms with E-state index in [2.05, 4.69) is 22.0 Å². The van der Waals surface area contributed by atoms with Gasteiger partial charge in [0.1, 0.15) is 5.82 Å². The lowest BCUT2D eigenvalue weighted by Gasteiger charge is -2.29. The zero-order valence-electron chi connectivity index (χ0n) is 15.6. The summed E-state index contributed by atoms with van der Waals surface area (Å²) >= 11 is 0. The van der Waals surface area contributed by atoms with Gasteiger partial charge in [0.2, 0.25) is 5.95 Å². The maximum absolute atomic E-state index is 11.9. The van der Waals surface area contributed by atoms with E-state index in [0.717, 1.165) is 18.1 Å². The molecule has 0 spiro atoms. The van der Waals surface area contributed by atoms with Crippen molar-refractivity contribution in [1.82, 2.24) is 9.97 Å². The highest BCUT2D eigenvalue weighted by Crippen LogP contribution is 2.25. The SMILES string of the molecule is CCN(c1cc(C)nc(N(C)Cc2ccccc2)n1)C1CCS(=O)(=O)C1. The van der Waals surface area contributed by atoms with Crippen LogP contribution in [0.25, 0.3) is 0 Å². The van der Waals surface area contributed by atoms with Crippen LogP contribution in [0.5, 0.6) is 0 Å². The molecule has 2 heterocycles. The van der Waals surface area contributed by atoms with Gasteiger partial charge < -0.3 is 9.80 Å². The average molecular weight is 375 g/mol. The van der Waals surface area contributed by atoms with Gasteiger partial charge in [0.25, 0.3) is 0 Å². The summed E-state index contributed by atoms with van der Waals surface area (Å²) in [5.74, 6) is 1.93. The molecule has 1 saturated heterocycles. The molecule has 6 nitrogen and oxygen atoms in total. The number of aryl methyl sites for hydroxylation is 1. The molecule has 0 bridgehead atoms. The van der Waals surface area contributed by atoms with Gasteiger partial charge in [-0.25, -0.2) is 13.4 Å². The Morgan fingerprint density at radius 3 is 2.54 bits per heavy atom. The van der Waals surface area contributed by atoms with Crippen LogP contribution in [0.15, 0.2) is 36.4 Å². The Kier molecular flexibility index (Phi) is 5.46. The van der Waals surface area contributed by atoms with Gasteiger partial charge in [-0.2, -0.15) is 4.98 Å². The highest BCUT2D eigenvalue weighted by Gasteiger charge is 2.32. The number of hydrogen-bond acceptors (Lipinski definition) is 6. The van der Waals surface area contributed by atoms with Gasteiger partial charge in [-0.15, -0.1) is 0 Å². The summed E-state index contributed by atoms with van der Waals surface area (Å²) in [6.45, 7) is 5.42. The molecule has 0 radical (unpaired) electrons. The van der Waals surface area contributed by atoms with Crippen molar-refractivity contribution in [2.24, 2.45) is 0 Å². The van der Waals surface area contributed by atoms with Crippen LogP contribution < -0.4 is 9.80 Å². The van der Waals surface area contributed by atoms with E-state index < -0.39 is 9.84 Å².